The van der Waals surface area contributed by atoms with Gasteiger partial charge in [-0.2, -0.15) is 0 Å². The molecule has 0 atom stereocenters. The Labute approximate surface area is 400 Å². The van der Waals surface area contributed by atoms with E-state index < -0.39 is 0 Å². The minimum atomic E-state index is 0.226. The molecular weight excluding hydrogens is 789 g/mol. The lowest BCUT2D eigenvalue weighted by atomic mass is 10.1. The first-order valence-corrected chi connectivity index (χ1v) is 28.9. The molecule has 1 aliphatic rings. The Morgan fingerprint density at radius 2 is 0.562 bits per heavy atom. The third-order valence-corrected chi connectivity index (χ3v) is 14.0. The van der Waals surface area contributed by atoms with Crippen LogP contribution in [0.25, 0.3) is 0 Å². The summed E-state index contributed by atoms with van der Waals surface area (Å²) >= 11 is 0. The number of hydrogen-bond acceptors (Lipinski definition) is 6. The van der Waals surface area contributed by atoms with E-state index in [1.165, 1.54) is 205 Å². The molecule has 0 spiro atoms. The average Bonchev–Trinajstić information content (AvgIpc) is 3.30. The van der Waals surface area contributed by atoms with Gasteiger partial charge < -0.3 is 30.2 Å². The maximum Gasteiger partial charge on any atom is 0.221 e. The van der Waals surface area contributed by atoms with Crippen molar-refractivity contribution < 1.29 is 9.59 Å². The lowest BCUT2D eigenvalue weighted by Crippen LogP contribution is -2.47. The van der Waals surface area contributed by atoms with Gasteiger partial charge in [-0.3, -0.25) is 9.59 Å². The number of rotatable bonds is 50. The van der Waals surface area contributed by atoms with Gasteiger partial charge >= 0.3 is 0 Å². The van der Waals surface area contributed by atoms with E-state index in [-0.39, 0.29) is 11.8 Å². The Balaban J connectivity index is 2.23. The lowest BCUT2D eigenvalue weighted by molar-refractivity contribution is -0.122. The molecule has 0 unspecified atom stereocenters. The summed E-state index contributed by atoms with van der Waals surface area (Å²) in [6.45, 7) is 23.6. The predicted octanol–water partition coefficient (Wildman–Crippen LogP) is 13.6. The van der Waals surface area contributed by atoms with Crippen LogP contribution in [0.5, 0.6) is 0 Å². The second kappa shape index (κ2) is 48.2. The molecular formula is C56H114N6O2. The minimum absolute atomic E-state index is 0.226. The van der Waals surface area contributed by atoms with Crippen LogP contribution in [0.4, 0.5) is 0 Å². The number of hydrogen-bond donors (Lipinski definition) is 2. The summed E-state index contributed by atoms with van der Waals surface area (Å²) in [5.41, 5.74) is 0. The highest BCUT2D eigenvalue weighted by Crippen LogP contribution is 2.14. The molecule has 1 saturated heterocycles. The van der Waals surface area contributed by atoms with Crippen molar-refractivity contribution in [3.8, 4) is 0 Å². The van der Waals surface area contributed by atoms with Crippen molar-refractivity contribution in [3.63, 3.8) is 0 Å². The molecule has 64 heavy (non-hydrogen) atoms. The predicted molar refractivity (Wildman–Crippen MR) is 281 cm³/mol. The van der Waals surface area contributed by atoms with Crippen LogP contribution >= 0.6 is 0 Å². The average molecular weight is 904 g/mol. The van der Waals surface area contributed by atoms with E-state index in [2.05, 4.69) is 57.9 Å². The Kier molecular flexibility index (Phi) is 45.8. The van der Waals surface area contributed by atoms with Crippen LogP contribution in [-0.4, -0.2) is 123 Å². The molecule has 0 saturated carbocycles. The second-order valence-electron chi connectivity index (χ2n) is 20.2. The van der Waals surface area contributed by atoms with Crippen molar-refractivity contribution >= 4 is 11.8 Å². The zero-order valence-electron chi connectivity index (χ0n) is 44.0. The molecule has 1 aliphatic heterocycles. The number of unbranched alkanes of at least 4 members (excludes halogenated alkanes) is 28. The van der Waals surface area contributed by atoms with Crippen LogP contribution in [0.1, 0.15) is 259 Å². The van der Waals surface area contributed by atoms with E-state index in [1.807, 2.05) is 0 Å². The van der Waals surface area contributed by atoms with E-state index in [0.717, 1.165) is 104 Å². The van der Waals surface area contributed by atoms with Gasteiger partial charge in [0.05, 0.1) is 0 Å². The number of piperazine rings is 1. The maximum atomic E-state index is 12.9. The fraction of sp³-hybridized carbons (Fsp3) is 0.964. The third kappa shape index (κ3) is 41.0. The summed E-state index contributed by atoms with van der Waals surface area (Å²) in [4.78, 5) is 36.0. The van der Waals surface area contributed by atoms with E-state index in [0.29, 0.717) is 12.8 Å². The molecule has 0 aromatic rings. The lowest BCUT2D eigenvalue weighted by Gasteiger charge is -2.34. The Hall–Kier alpha value is -1.22. The van der Waals surface area contributed by atoms with Gasteiger partial charge in [-0.15, -0.1) is 0 Å². The standard InChI is InChI=1S/C56H114N6O2/c1-5-9-13-17-21-25-29-33-43-59(44-34-30-26-22-18-14-10-6-2)49-39-55(63)57-41-37-47-61-51-53-62(54-52-61)48-38-42-58-56(64)40-50-60(45-35-31-27-23-19-15-11-7-3)46-36-32-28-24-20-16-12-8-4/h5-54H2,1-4H3,(H,57,63)(H,58,64). The maximum absolute atomic E-state index is 12.9. The molecule has 8 nitrogen and oxygen atoms in total. The second-order valence-corrected chi connectivity index (χ2v) is 20.2. The molecule has 2 amide bonds. The summed E-state index contributed by atoms with van der Waals surface area (Å²) in [7, 11) is 0. The molecule has 1 rings (SSSR count). The van der Waals surface area contributed by atoms with E-state index in [9.17, 15) is 9.59 Å². The van der Waals surface area contributed by atoms with Crippen LogP contribution in [0, 0.1) is 0 Å². The summed E-state index contributed by atoms with van der Waals surface area (Å²) in [6.07, 6.45) is 46.7. The number of amides is 2. The zero-order chi connectivity index (χ0) is 46.2. The van der Waals surface area contributed by atoms with E-state index >= 15 is 0 Å². The van der Waals surface area contributed by atoms with Crippen molar-refractivity contribution in [2.24, 2.45) is 0 Å². The minimum Gasteiger partial charge on any atom is -0.356 e. The highest BCUT2D eigenvalue weighted by molar-refractivity contribution is 5.76. The van der Waals surface area contributed by atoms with Crippen LogP contribution in [-0.2, 0) is 9.59 Å². The van der Waals surface area contributed by atoms with Gasteiger partial charge in [0.15, 0.2) is 0 Å². The highest BCUT2D eigenvalue weighted by Gasteiger charge is 2.17. The first-order valence-electron chi connectivity index (χ1n) is 28.9. The first kappa shape index (κ1) is 60.8. The van der Waals surface area contributed by atoms with Crippen molar-refractivity contribution in [2.45, 2.75) is 259 Å². The summed E-state index contributed by atoms with van der Waals surface area (Å²) in [5.74, 6) is 0.451. The SMILES string of the molecule is CCCCCCCCCCN(CCCCCCCCCC)CCC(=O)NCCCN1CCN(CCCNC(=O)CCN(CCCCCCCCCC)CCCCCCCCCC)CC1. The van der Waals surface area contributed by atoms with Crippen LogP contribution in [0.15, 0.2) is 0 Å². The van der Waals surface area contributed by atoms with Crippen LogP contribution in [0.2, 0.25) is 0 Å². The molecule has 0 aromatic carbocycles. The topological polar surface area (TPSA) is 71.2 Å². The monoisotopic (exact) mass is 903 g/mol. The molecule has 1 heterocycles. The molecule has 1 fully saturated rings. The van der Waals surface area contributed by atoms with Gasteiger partial charge in [0.25, 0.3) is 0 Å². The normalized spacial score (nSPS) is 13.7. The van der Waals surface area contributed by atoms with Crippen molar-refractivity contribution in [1.29, 1.82) is 0 Å². The van der Waals surface area contributed by atoms with Gasteiger partial charge in [-0.05, 0) is 77.8 Å². The van der Waals surface area contributed by atoms with Gasteiger partial charge in [-0.1, -0.05) is 207 Å². The van der Waals surface area contributed by atoms with Gasteiger partial charge in [0.1, 0.15) is 0 Å². The molecule has 0 aromatic heterocycles. The van der Waals surface area contributed by atoms with Gasteiger partial charge in [-0.25, -0.2) is 0 Å². The third-order valence-electron chi connectivity index (χ3n) is 14.0. The summed E-state index contributed by atoms with van der Waals surface area (Å²) in [5, 5.41) is 6.49. The first-order chi connectivity index (χ1) is 31.5. The molecule has 2 N–H and O–H groups in total. The largest absolute Gasteiger partial charge is 0.356 e. The van der Waals surface area contributed by atoms with Crippen molar-refractivity contribution in [2.75, 3.05) is 91.6 Å². The molecule has 0 radical (unpaired) electrons. The van der Waals surface area contributed by atoms with Crippen LogP contribution in [0.3, 0.4) is 0 Å². The van der Waals surface area contributed by atoms with Crippen molar-refractivity contribution in [1.82, 2.24) is 30.2 Å². The summed E-state index contributed by atoms with van der Waals surface area (Å²) < 4.78 is 0. The molecule has 0 aliphatic carbocycles. The Morgan fingerprint density at radius 3 is 0.812 bits per heavy atom. The molecule has 0 bridgehead atoms. The van der Waals surface area contributed by atoms with E-state index in [4.69, 9.17) is 0 Å². The quantitative estimate of drug-likeness (QED) is 0.0593. The van der Waals surface area contributed by atoms with Gasteiger partial charge in [0, 0.05) is 65.2 Å². The fourth-order valence-electron chi connectivity index (χ4n) is 9.54. The zero-order valence-corrected chi connectivity index (χ0v) is 44.0. The number of carbonyl (C=O) groups is 2. The highest BCUT2D eigenvalue weighted by atomic mass is 16.2. The molecule has 8 heteroatoms. The van der Waals surface area contributed by atoms with E-state index in [1.54, 1.807) is 0 Å². The fourth-order valence-corrected chi connectivity index (χ4v) is 9.54. The number of nitrogens with one attached hydrogen (secondary N) is 2. The molecule has 380 valence electrons. The summed E-state index contributed by atoms with van der Waals surface area (Å²) in [6, 6.07) is 0. The van der Waals surface area contributed by atoms with Crippen molar-refractivity contribution in [3.05, 3.63) is 0 Å². The smallest absolute Gasteiger partial charge is 0.221 e. The van der Waals surface area contributed by atoms with Gasteiger partial charge in [0.2, 0.25) is 11.8 Å². The Morgan fingerprint density at radius 1 is 0.328 bits per heavy atom. The Bertz CT molecular complexity index is 859. The number of carbonyl (C=O) groups excluding carboxylic acids is 2. The number of nitrogens with zero attached hydrogens (tertiary/aromatic N) is 4. The van der Waals surface area contributed by atoms with Crippen LogP contribution < -0.4 is 10.6 Å².